The number of aromatic nitrogens is 1. The highest BCUT2D eigenvalue weighted by Gasteiger charge is 2.20. The molecule has 2 aromatic rings. The quantitative estimate of drug-likeness (QED) is 0.684. The number of hydrogen-bond donors (Lipinski definition) is 2. The number of thiazole rings is 1. The minimum Gasteiger partial charge on any atom is -0.444 e. The van der Waals surface area contributed by atoms with Gasteiger partial charge < -0.3 is 15.8 Å². The summed E-state index contributed by atoms with van der Waals surface area (Å²) >= 11 is 3.53. The third-order valence-corrected chi connectivity index (χ3v) is 4.57. The van der Waals surface area contributed by atoms with Crippen molar-refractivity contribution in [3.05, 3.63) is 38.4 Å². The predicted molar refractivity (Wildman–Crippen MR) is 102 cm³/mol. The van der Waals surface area contributed by atoms with E-state index in [1.807, 2.05) is 24.3 Å². The number of hydrogen-bond acceptors (Lipinski definition) is 5. The second-order valence-corrected chi connectivity index (χ2v) is 8.35. The van der Waals surface area contributed by atoms with E-state index in [9.17, 15) is 9.59 Å². The second-order valence-electron chi connectivity index (χ2n) is 6.02. The molecule has 0 saturated heterocycles. The van der Waals surface area contributed by atoms with Crippen LogP contribution in [0.25, 0.3) is 10.6 Å². The van der Waals surface area contributed by atoms with Gasteiger partial charge in [-0.15, -0.1) is 11.3 Å². The van der Waals surface area contributed by atoms with Gasteiger partial charge in [-0.3, -0.25) is 4.79 Å². The molecule has 0 aliphatic carbocycles. The van der Waals surface area contributed by atoms with E-state index in [0.29, 0.717) is 9.88 Å². The lowest BCUT2D eigenvalue weighted by atomic mass is 10.2. The summed E-state index contributed by atoms with van der Waals surface area (Å²) < 4.78 is 6.25. The van der Waals surface area contributed by atoms with Crippen molar-refractivity contribution < 1.29 is 14.3 Å². The molecule has 0 saturated carbocycles. The summed E-state index contributed by atoms with van der Waals surface area (Å²) in [6.45, 7) is 5.48. The van der Waals surface area contributed by atoms with Crippen molar-refractivity contribution in [1.29, 1.82) is 0 Å². The Kier molecular flexibility index (Phi) is 5.81. The third-order valence-electron chi connectivity index (χ3n) is 2.79. The van der Waals surface area contributed by atoms with Crippen LogP contribution in [0.5, 0.6) is 0 Å². The van der Waals surface area contributed by atoms with Gasteiger partial charge in [0.05, 0.1) is 11.4 Å². The summed E-state index contributed by atoms with van der Waals surface area (Å²) in [7, 11) is 0. The summed E-state index contributed by atoms with van der Waals surface area (Å²) in [5, 5.41) is 3.31. The summed E-state index contributed by atoms with van der Waals surface area (Å²) in [6, 6.07) is 7.77. The molecule has 2 amide bonds. The van der Waals surface area contributed by atoms with E-state index in [4.69, 9.17) is 10.5 Å². The van der Waals surface area contributed by atoms with Gasteiger partial charge in [-0.2, -0.15) is 0 Å². The highest BCUT2D eigenvalue weighted by molar-refractivity contribution is 14.1. The van der Waals surface area contributed by atoms with Gasteiger partial charge in [0.25, 0.3) is 5.91 Å². The van der Waals surface area contributed by atoms with Crippen LogP contribution in [-0.4, -0.2) is 22.6 Å². The Balaban J connectivity index is 2.20. The van der Waals surface area contributed by atoms with Crippen molar-refractivity contribution in [1.82, 2.24) is 10.3 Å². The number of primary amides is 1. The maximum absolute atomic E-state index is 11.8. The van der Waals surface area contributed by atoms with Crippen LogP contribution in [0.2, 0.25) is 0 Å². The number of halogens is 1. The van der Waals surface area contributed by atoms with Gasteiger partial charge in [0, 0.05) is 9.13 Å². The SMILES string of the molecule is CC(C)(C)OC(=O)NCc1sc(-c2cccc(I)c2)nc1C(N)=O. The number of nitrogens with two attached hydrogens (primary N) is 1. The van der Waals surface area contributed by atoms with Gasteiger partial charge in [0.15, 0.2) is 0 Å². The molecule has 3 N–H and O–H groups in total. The molecular weight excluding hydrogens is 441 g/mol. The van der Waals surface area contributed by atoms with Crippen LogP contribution < -0.4 is 11.1 Å². The maximum Gasteiger partial charge on any atom is 0.407 e. The Labute approximate surface area is 157 Å². The molecule has 1 aromatic carbocycles. The first-order valence-electron chi connectivity index (χ1n) is 7.18. The van der Waals surface area contributed by atoms with Crippen LogP contribution >= 0.6 is 33.9 Å². The minimum atomic E-state index is -0.621. The zero-order chi connectivity index (χ0) is 17.9. The van der Waals surface area contributed by atoms with E-state index >= 15 is 0 Å². The van der Waals surface area contributed by atoms with Crippen molar-refractivity contribution in [3.8, 4) is 10.6 Å². The minimum absolute atomic E-state index is 0.134. The van der Waals surface area contributed by atoms with Crippen LogP contribution in [0.3, 0.4) is 0 Å². The van der Waals surface area contributed by atoms with Crippen molar-refractivity contribution in [2.24, 2.45) is 5.73 Å². The molecule has 0 atom stereocenters. The summed E-state index contributed by atoms with van der Waals surface area (Å²) in [5.41, 5.74) is 5.89. The second kappa shape index (κ2) is 7.47. The fourth-order valence-corrected chi connectivity index (χ4v) is 3.42. The predicted octanol–water partition coefficient (Wildman–Crippen LogP) is 3.54. The summed E-state index contributed by atoms with van der Waals surface area (Å²) in [6.07, 6.45) is -0.554. The van der Waals surface area contributed by atoms with E-state index in [1.165, 1.54) is 11.3 Å². The molecule has 1 heterocycles. The average Bonchev–Trinajstić information content (AvgIpc) is 2.88. The molecule has 0 aliphatic heterocycles. The summed E-state index contributed by atoms with van der Waals surface area (Å²) in [4.78, 5) is 28.3. The van der Waals surface area contributed by atoms with Crippen LogP contribution in [0.1, 0.15) is 36.1 Å². The molecule has 6 nitrogen and oxygen atoms in total. The van der Waals surface area contributed by atoms with Crippen molar-refractivity contribution in [2.45, 2.75) is 32.9 Å². The number of amides is 2. The van der Waals surface area contributed by atoms with Gasteiger partial charge in [0.1, 0.15) is 16.3 Å². The van der Waals surface area contributed by atoms with E-state index in [0.717, 1.165) is 9.13 Å². The van der Waals surface area contributed by atoms with Crippen LogP contribution in [-0.2, 0) is 11.3 Å². The van der Waals surface area contributed by atoms with E-state index in [2.05, 4.69) is 32.9 Å². The molecule has 0 fully saturated rings. The first-order valence-corrected chi connectivity index (χ1v) is 9.07. The van der Waals surface area contributed by atoms with Gasteiger partial charge in [0.2, 0.25) is 0 Å². The van der Waals surface area contributed by atoms with Crippen molar-refractivity contribution in [3.63, 3.8) is 0 Å². The average molecular weight is 459 g/mol. The van der Waals surface area contributed by atoms with Crippen LogP contribution in [0, 0.1) is 3.57 Å². The van der Waals surface area contributed by atoms with Crippen molar-refractivity contribution >= 4 is 45.9 Å². The molecule has 1 aromatic heterocycles. The zero-order valence-corrected chi connectivity index (χ0v) is 16.5. The Hall–Kier alpha value is -1.68. The Morgan fingerprint density at radius 1 is 1.38 bits per heavy atom. The molecule has 8 heteroatoms. The fraction of sp³-hybridized carbons (Fsp3) is 0.312. The number of nitrogens with one attached hydrogen (secondary N) is 1. The Bertz CT molecular complexity index is 768. The molecule has 0 radical (unpaired) electrons. The number of alkyl carbamates (subject to hydrolysis) is 1. The molecule has 2 rings (SSSR count). The lowest BCUT2D eigenvalue weighted by Crippen LogP contribution is -2.32. The van der Waals surface area contributed by atoms with E-state index in [1.54, 1.807) is 20.8 Å². The number of rotatable bonds is 4. The molecule has 0 aliphatic rings. The summed E-state index contributed by atoms with van der Waals surface area (Å²) in [5.74, 6) is -0.621. The first-order chi connectivity index (χ1) is 11.2. The largest absolute Gasteiger partial charge is 0.444 e. The van der Waals surface area contributed by atoms with Gasteiger partial charge in [-0.25, -0.2) is 9.78 Å². The Morgan fingerprint density at radius 3 is 2.67 bits per heavy atom. The highest BCUT2D eigenvalue weighted by Crippen LogP contribution is 2.29. The number of ether oxygens (including phenoxy) is 1. The van der Waals surface area contributed by atoms with E-state index < -0.39 is 17.6 Å². The number of carbonyl (C=O) groups excluding carboxylic acids is 2. The lowest BCUT2D eigenvalue weighted by Gasteiger charge is -2.19. The first kappa shape index (κ1) is 18.7. The molecule has 0 bridgehead atoms. The van der Waals surface area contributed by atoms with Crippen LogP contribution in [0.15, 0.2) is 24.3 Å². The monoisotopic (exact) mass is 459 g/mol. The topological polar surface area (TPSA) is 94.3 Å². The number of carbonyl (C=O) groups is 2. The third kappa shape index (κ3) is 5.17. The number of benzene rings is 1. The molecule has 24 heavy (non-hydrogen) atoms. The highest BCUT2D eigenvalue weighted by atomic mass is 127. The molecule has 0 unspecified atom stereocenters. The zero-order valence-electron chi connectivity index (χ0n) is 13.6. The van der Waals surface area contributed by atoms with Gasteiger partial charge >= 0.3 is 6.09 Å². The number of nitrogens with zero attached hydrogens (tertiary/aromatic N) is 1. The lowest BCUT2D eigenvalue weighted by molar-refractivity contribution is 0.0523. The normalized spacial score (nSPS) is 11.2. The van der Waals surface area contributed by atoms with Crippen molar-refractivity contribution in [2.75, 3.05) is 0 Å². The standard InChI is InChI=1S/C16H18IN3O3S/c1-16(2,3)23-15(22)19-8-11-12(13(18)21)20-14(24-11)9-5-4-6-10(17)7-9/h4-7H,8H2,1-3H3,(H2,18,21)(H,19,22). The smallest absolute Gasteiger partial charge is 0.407 e. The Morgan fingerprint density at radius 2 is 2.08 bits per heavy atom. The van der Waals surface area contributed by atoms with E-state index in [-0.39, 0.29) is 12.2 Å². The van der Waals surface area contributed by atoms with Gasteiger partial charge in [-0.05, 0) is 55.5 Å². The fourth-order valence-electron chi connectivity index (χ4n) is 1.88. The van der Waals surface area contributed by atoms with Gasteiger partial charge in [-0.1, -0.05) is 12.1 Å². The molecule has 0 spiro atoms. The van der Waals surface area contributed by atoms with Crippen LogP contribution in [0.4, 0.5) is 4.79 Å². The maximum atomic E-state index is 11.8. The molecular formula is C16H18IN3O3S. The molecule has 128 valence electrons.